The first kappa shape index (κ1) is 19.9. The number of nitriles is 1. The maximum Gasteiger partial charge on any atom is 0.241 e. The molecule has 0 fully saturated rings. The van der Waals surface area contributed by atoms with Gasteiger partial charge in [-0.3, -0.25) is 4.79 Å². The minimum absolute atomic E-state index is 0.0786. The van der Waals surface area contributed by atoms with Crippen molar-refractivity contribution >= 4 is 5.91 Å². The minimum atomic E-state index is -0.151. The summed E-state index contributed by atoms with van der Waals surface area (Å²) >= 11 is 0. The van der Waals surface area contributed by atoms with E-state index in [1.54, 1.807) is 44.7 Å². The van der Waals surface area contributed by atoms with Gasteiger partial charge in [0.05, 0.1) is 32.0 Å². The van der Waals surface area contributed by atoms with E-state index in [1.807, 2.05) is 18.2 Å². The van der Waals surface area contributed by atoms with Crippen LogP contribution in [0.15, 0.2) is 48.7 Å². The monoisotopic (exact) mass is 391 g/mol. The molecule has 0 aliphatic carbocycles. The Balaban J connectivity index is 1.51. The summed E-state index contributed by atoms with van der Waals surface area (Å²) in [6.07, 6.45) is 2.37. The van der Waals surface area contributed by atoms with E-state index in [2.05, 4.69) is 21.7 Å². The van der Waals surface area contributed by atoms with Crippen LogP contribution >= 0.6 is 0 Å². The Morgan fingerprint density at radius 1 is 1.14 bits per heavy atom. The van der Waals surface area contributed by atoms with E-state index >= 15 is 0 Å². The lowest BCUT2D eigenvalue weighted by Gasteiger charge is -2.10. The molecule has 8 nitrogen and oxygen atoms in total. The Labute approximate surface area is 168 Å². The van der Waals surface area contributed by atoms with Gasteiger partial charge < -0.3 is 14.8 Å². The van der Waals surface area contributed by atoms with E-state index in [0.717, 1.165) is 11.1 Å². The SMILES string of the molecule is COc1ccc(CCNC(=O)Cn2cc(-c3ccc(C#N)cc3)nn2)cc1OC. The number of amides is 1. The zero-order chi connectivity index (χ0) is 20.6. The highest BCUT2D eigenvalue weighted by molar-refractivity contribution is 5.75. The summed E-state index contributed by atoms with van der Waals surface area (Å²) in [5, 5.41) is 19.8. The number of rotatable bonds is 8. The van der Waals surface area contributed by atoms with E-state index in [1.165, 1.54) is 4.68 Å². The standard InChI is InChI=1S/C21H21N5O3/c1-28-19-8-5-15(11-20(19)29-2)9-10-23-21(27)14-26-13-18(24-25-26)17-6-3-16(12-22)4-7-17/h3-8,11,13H,9-10,14H2,1-2H3,(H,23,27). The molecule has 1 heterocycles. The average molecular weight is 391 g/mol. The van der Waals surface area contributed by atoms with Gasteiger partial charge in [0.1, 0.15) is 12.2 Å². The predicted octanol–water partition coefficient (Wildman–Crippen LogP) is 2.19. The number of carbonyl (C=O) groups excluding carboxylic acids is 1. The number of nitrogens with one attached hydrogen (secondary N) is 1. The van der Waals surface area contributed by atoms with Crippen LogP contribution in [0, 0.1) is 11.3 Å². The van der Waals surface area contributed by atoms with Crippen molar-refractivity contribution < 1.29 is 14.3 Å². The molecule has 0 unspecified atom stereocenters. The van der Waals surface area contributed by atoms with Crippen molar-refractivity contribution in [1.29, 1.82) is 5.26 Å². The summed E-state index contributed by atoms with van der Waals surface area (Å²) in [6.45, 7) is 0.570. The normalized spacial score (nSPS) is 10.2. The molecule has 0 spiro atoms. The molecule has 0 aliphatic heterocycles. The quantitative estimate of drug-likeness (QED) is 0.632. The van der Waals surface area contributed by atoms with Crippen LogP contribution in [0.5, 0.6) is 11.5 Å². The molecule has 0 saturated heterocycles. The van der Waals surface area contributed by atoms with Gasteiger partial charge in [-0.05, 0) is 36.2 Å². The largest absolute Gasteiger partial charge is 0.493 e. The Hall–Kier alpha value is -3.86. The summed E-state index contributed by atoms with van der Waals surface area (Å²) in [4.78, 5) is 12.2. The van der Waals surface area contributed by atoms with Crippen LogP contribution in [-0.2, 0) is 17.8 Å². The summed E-state index contributed by atoms with van der Waals surface area (Å²) in [5.74, 6) is 1.18. The third kappa shape index (κ3) is 5.11. The van der Waals surface area contributed by atoms with Crippen LogP contribution < -0.4 is 14.8 Å². The number of hydrogen-bond acceptors (Lipinski definition) is 6. The van der Waals surface area contributed by atoms with E-state index < -0.39 is 0 Å². The van der Waals surface area contributed by atoms with Crippen LogP contribution in [0.25, 0.3) is 11.3 Å². The van der Waals surface area contributed by atoms with Gasteiger partial charge in [0.2, 0.25) is 5.91 Å². The molecule has 0 saturated carbocycles. The first-order chi connectivity index (χ1) is 14.1. The van der Waals surface area contributed by atoms with Crippen LogP contribution in [0.3, 0.4) is 0 Å². The van der Waals surface area contributed by atoms with Crippen molar-refractivity contribution in [3.8, 4) is 28.8 Å². The topological polar surface area (TPSA) is 102 Å². The number of hydrogen-bond donors (Lipinski definition) is 1. The molecule has 1 N–H and O–H groups in total. The van der Waals surface area contributed by atoms with Crippen LogP contribution in [0.4, 0.5) is 0 Å². The molecule has 0 radical (unpaired) electrons. The zero-order valence-electron chi connectivity index (χ0n) is 16.3. The fraction of sp³-hybridized carbons (Fsp3) is 0.238. The minimum Gasteiger partial charge on any atom is -0.493 e. The maximum absolute atomic E-state index is 12.2. The molecule has 0 atom stereocenters. The summed E-state index contributed by atoms with van der Waals surface area (Å²) in [7, 11) is 3.18. The van der Waals surface area contributed by atoms with Gasteiger partial charge in [0.25, 0.3) is 0 Å². The molecular formula is C21H21N5O3. The summed E-state index contributed by atoms with van der Waals surface area (Å²) in [6, 6.07) is 14.8. The van der Waals surface area contributed by atoms with Gasteiger partial charge in [-0.1, -0.05) is 23.4 Å². The Bertz CT molecular complexity index is 1020. The van der Waals surface area contributed by atoms with Crippen molar-refractivity contribution in [2.45, 2.75) is 13.0 Å². The van der Waals surface area contributed by atoms with Gasteiger partial charge in [0.15, 0.2) is 11.5 Å². The number of methoxy groups -OCH3 is 2. The van der Waals surface area contributed by atoms with E-state index in [9.17, 15) is 4.79 Å². The lowest BCUT2D eigenvalue weighted by molar-refractivity contribution is -0.121. The van der Waals surface area contributed by atoms with Crippen molar-refractivity contribution in [2.75, 3.05) is 20.8 Å². The molecule has 1 aromatic heterocycles. The average Bonchev–Trinajstić information content (AvgIpc) is 3.22. The maximum atomic E-state index is 12.2. The first-order valence-corrected chi connectivity index (χ1v) is 9.01. The molecule has 0 aliphatic rings. The molecular weight excluding hydrogens is 370 g/mol. The Kier molecular flexibility index (Phi) is 6.43. The van der Waals surface area contributed by atoms with Gasteiger partial charge in [-0.15, -0.1) is 5.10 Å². The van der Waals surface area contributed by atoms with Crippen molar-refractivity contribution in [2.24, 2.45) is 0 Å². The van der Waals surface area contributed by atoms with Gasteiger partial charge in [-0.25, -0.2) is 4.68 Å². The number of ether oxygens (including phenoxy) is 2. The van der Waals surface area contributed by atoms with E-state index in [-0.39, 0.29) is 12.5 Å². The smallest absolute Gasteiger partial charge is 0.241 e. The predicted molar refractivity (Wildman–Crippen MR) is 106 cm³/mol. The third-order valence-electron chi connectivity index (χ3n) is 4.34. The molecule has 1 amide bonds. The molecule has 0 bridgehead atoms. The third-order valence-corrected chi connectivity index (χ3v) is 4.34. The second-order valence-electron chi connectivity index (χ2n) is 6.28. The number of benzene rings is 2. The molecule has 8 heteroatoms. The molecule has 2 aromatic carbocycles. The highest BCUT2D eigenvalue weighted by Gasteiger charge is 2.09. The second-order valence-corrected chi connectivity index (χ2v) is 6.28. The van der Waals surface area contributed by atoms with E-state index in [0.29, 0.717) is 35.7 Å². The van der Waals surface area contributed by atoms with Gasteiger partial charge in [-0.2, -0.15) is 5.26 Å². The Morgan fingerprint density at radius 2 is 1.90 bits per heavy atom. The fourth-order valence-corrected chi connectivity index (χ4v) is 2.81. The van der Waals surface area contributed by atoms with Crippen LogP contribution in [-0.4, -0.2) is 41.7 Å². The highest BCUT2D eigenvalue weighted by Crippen LogP contribution is 2.27. The lowest BCUT2D eigenvalue weighted by atomic mass is 10.1. The zero-order valence-corrected chi connectivity index (χ0v) is 16.3. The van der Waals surface area contributed by atoms with E-state index in [4.69, 9.17) is 14.7 Å². The second kappa shape index (κ2) is 9.37. The number of aromatic nitrogens is 3. The summed E-state index contributed by atoms with van der Waals surface area (Å²) < 4.78 is 12.0. The van der Waals surface area contributed by atoms with Crippen molar-refractivity contribution in [3.05, 3.63) is 59.8 Å². The van der Waals surface area contributed by atoms with Crippen LogP contribution in [0.1, 0.15) is 11.1 Å². The molecule has 3 rings (SSSR count). The highest BCUT2D eigenvalue weighted by atomic mass is 16.5. The van der Waals surface area contributed by atoms with Crippen molar-refractivity contribution in [3.63, 3.8) is 0 Å². The number of nitrogens with zero attached hydrogens (tertiary/aromatic N) is 4. The first-order valence-electron chi connectivity index (χ1n) is 9.01. The molecule has 148 valence electrons. The Morgan fingerprint density at radius 3 is 2.59 bits per heavy atom. The van der Waals surface area contributed by atoms with Gasteiger partial charge in [0, 0.05) is 12.1 Å². The fourth-order valence-electron chi connectivity index (χ4n) is 2.81. The van der Waals surface area contributed by atoms with Gasteiger partial charge >= 0.3 is 0 Å². The number of carbonyl (C=O) groups is 1. The lowest BCUT2D eigenvalue weighted by Crippen LogP contribution is -2.29. The van der Waals surface area contributed by atoms with Crippen molar-refractivity contribution in [1.82, 2.24) is 20.3 Å². The molecule has 3 aromatic rings. The van der Waals surface area contributed by atoms with Crippen LogP contribution in [0.2, 0.25) is 0 Å². The summed E-state index contributed by atoms with van der Waals surface area (Å²) in [5.41, 5.74) is 3.10. The molecule has 29 heavy (non-hydrogen) atoms.